The van der Waals surface area contributed by atoms with Crippen molar-refractivity contribution in [2.45, 2.75) is 19.9 Å². The fourth-order valence-electron chi connectivity index (χ4n) is 1.08. The first-order valence-electron chi connectivity index (χ1n) is 4.83. The molecule has 0 aliphatic rings. The minimum atomic E-state index is -0.192. The van der Waals surface area contributed by atoms with Crippen LogP contribution in [-0.4, -0.2) is 19.1 Å². The molecule has 5 heteroatoms. The van der Waals surface area contributed by atoms with Gasteiger partial charge in [0.15, 0.2) is 5.22 Å². The smallest absolute Gasteiger partial charge is 0.307 e. The van der Waals surface area contributed by atoms with Gasteiger partial charge >= 0.3 is 5.97 Å². The van der Waals surface area contributed by atoms with Gasteiger partial charge in [-0.3, -0.25) is 4.79 Å². The third kappa shape index (κ3) is 4.85. The Bertz CT molecular complexity index is 311. The Labute approximate surface area is 93.5 Å². The molecule has 0 unspecified atom stereocenters. The average molecular weight is 232 g/mol. The lowest BCUT2D eigenvalue weighted by Crippen LogP contribution is -2.18. The minimum absolute atomic E-state index is 0.192. The van der Waals surface area contributed by atoms with E-state index in [4.69, 9.17) is 20.8 Å². The van der Waals surface area contributed by atoms with Crippen LogP contribution in [-0.2, 0) is 16.1 Å². The van der Waals surface area contributed by atoms with E-state index in [0.29, 0.717) is 31.3 Å². The van der Waals surface area contributed by atoms with E-state index >= 15 is 0 Å². The summed E-state index contributed by atoms with van der Waals surface area (Å²) in [6.45, 7) is 3.34. The van der Waals surface area contributed by atoms with E-state index in [0.717, 1.165) is 5.76 Å². The number of rotatable bonds is 6. The SMILES string of the molecule is CCOC(=O)CCNCc1ccc(Cl)o1. The Hall–Kier alpha value is -1.00. The molecule has 1 aromatic rings. The van der Waals surface area contributed by atoms with Crippen molar-refractivity contribution in [3.8, 4) is 0 Å². The van der Waals surface area contributed by atoms with Gasteiger partial charge in [-0.15, -0.1) is 0 Å². The van der Waals surface area contributed by atoms with Crippen LogP contribution in [0.3, 0.4) is 0 Å². The maximum Gasteiger partial charge on any atom is 0.307 e. The van der Waals surface area contributed by atoms with Crippen LogP contribution in [0, 0.1) is 0 Å². The number of furan rings is 1. The zero-order chi connectivity index (χ0) is 11.1. The van der Waals surface area contributed by atoms with Gasteiger partial charge in [0.25, 0.3) is 0 Å². The summed E-state index contributed by atoms with van der Waals surface area (Å²) in [5, 5.41) is 3.42. The Balaban J connectivity index is 2.09. The summed E-state index contributed by atoms with van der Waals surface area (Å²) in [6.07, 6.45) is 0.363. The second-order valence-electron chi connectivity index (χ2n) is 2.94. The highest BCUT2D eigenvalue weighted by molar-refractivity contribution is 6.28. The van der Waals surface area contributed by atoms with E-state index in [2.05, 4.69) is 5.32 Å². The number of carbonyl (C=O) groups excluding carboxylic acids is 1. The number of hydrogen-bond donors (Lipinski definition) is 1. The summed E-state index contributed by atoms with van der Waals surface area (Å²) in [5.41, 5.74) is 0. The van der Waals surface area contributed by atoms with E-state index < -0.39 is 0 Å². The van der Waals surface area contributed by atoms with Gasteiger partial charge in [-0.25, -0.2) is 0 Å². The van der Waals surface area contributed by atoms with Crippen molar-refractivity contribution in [3.05, 3.63) is 23.1 Å². The van der Waals surface area contributed by atoms with Crippen LogP contribution in [0.2, 0.25) is 5.22 Å². The lowest BCUT2D eigenvalue weighted by atomic mass is 10.4. The van der Waals surface area contributed by atoms with Crippen LogP contribution in [0.25, 0.3) is 0 Å². The van der Waals surface area contributed by atoms with E-state index in [1.54, 1.807) is 19.1 Å². The highest BCUT2D eigenvalue weighted by Gasteiger charge is 2.02. The largest absolute Gasteiger partial charge is 0.466 e. The predicted molar refractivity (Wildman–Crippen MR) is 56.7 cm³/mol. The molecule has 0 spiro atoms. The topological polar surface area (TPSA) is 51.5 Å². The molecule has 0 bridgehead atoms. The molecule has 0 fully saturated rings. The molecule has 1 N–H and O–H groups in total. The molecule has 0 aromatic carbocycles. The number of nitrogens with one attached hydrogen (secondary N) is 1. The van der Waals surface area contributed by atoms with Crippen molar-refractivity contribution in [2.24, 2.45) is 0 Å². The fraction of sp³-hybridized carbons (Fsp3) is 0.500. The van der Waals surface area contributed by atoms with Gasteiger partial charge in [0.05, 0.1) is 19.6 Å². The van der Waals surface area contributed by atoms with Crippen LogP contribution in [0.1, 0.15) is 19.1 Å². The van der Waals surface area contributed by atoms with Crippen molar-refractivity contribution in [2.75, 3.05) is 13.2 Å². The van der Waals surface area contributed by atoms with Crippen molar-refractivity contribution in [1.29, 1.82) is 0 Å². The summed E-state index contributed by atoms with van der Waals surface area (Å²) in [7, 11) is 0. The molecule has 1 aromatic heterocycles. The van der Waals surface area contributed by atoms with E-state index in [-0.39, 0.29) is 5.97 Å². The van der Waals surface area contributed by atoms with Gasteiger partial charge in [0.2, 0.25) is 0 Å². The molecule has 4 nitrogen and oxygen atoms in total. The summed E-state index contributed by atoms with van der Waals surface area (Å²) < 4.78 is 9.90. The second kappa shape index (κ2) is 6.48. The molecule has 0 aliphatic heterocycles. The van der Waals surface area contributed by atoms with Gasteiger partial charge in [-0.05, 0) is 30.7 Å². The average Bonchev–Trinajstić information content (AvgIpc) is 2.60. The molecule has 0 aliphatic carbocycles. The summed E-state index contributed by atoms with van der Waals surface area (Å²) in [5.74, 6) is 0.561. The third-order valence-corrected chi connectivity index (χ3v) is 1.94. The number of halogens is 1. The molecule has 84 valence electrons. The van der Waals surface area contributed by atoms with Crippen molar-refractivity contribution >= 4 is 17.6 Å². The van der Waals surface area contributed by atoms with Crippen molar-refractivity contribution in [1.82, 2.24) is 5.32 Å². The highest BCUT2D eigenvalue weighted by atomic mass is 35.5. The first kappa shape index (κ1) is 12.1. The van der Waals surface area contributed by atoms with Crippen molar-refractivity contribution < 1.29 is 13.9 Å². The minimum Gasteiger partial charge on any atom is -0.466 e. The number of ether oxygens (including phenoxy) is 1. The first-order valence-corrected chi connectivity index (χ1v) is 5.20. The zero-order valence-electron chi connectivity index (χ0n) is 8.59. The third-order valence-electron chi connectivity index (χ3n) is 1.74. The Kier molecular flexibility index (Phi) is 5.21. The van der Waals surface area contributed by atoms with E-state index in [1.165, 1.54) is 0 Å². The summed E-state index contributed by atoms with van der Waals surface area (Å²) in [4.78, 5) is 11.0. The number of hydrogen-bond acceptors (Lipinski definition) is 4. The molecule has 0 amide bonds. The molecule has 0 saturated heterocycles. The predicted octanol–water partition coefficient (Wildman–Crippen LogP) is 1.98. The van der Waals surface area contributed by atoms with Crippen LogP contribution in [0.4, 0.5) is 0 Å². The molecule has 15 heavy (non-hydrogen) atoms. The Morgan fingerprint density at radius 3 is 3.00 bits per heavy atom. The molecular formula is C10H14ClNO3. The second-order valence-corrected chi connectivity index (χ2v) is 3.31. The van der Waals surface area contributed by atoms with Crippen molar-refractivity contribution in [3.63, 3.8) is 0 Å². The number of esters is 1. The highest BCUT2D eigenvalue weighted by Crippen LogP contribution is 2.12. The molecular weight excluding hydrogens is 218 g/mol. The Morgan fingerprint density at radius 1 is 1.60 bits per heavy atom. The molecule has 0 saturated carbocycles. The lowest BCUT2D eigenvalue weighted by molar-refractivity contribution is -0.142. The van der Waals surface area contributed by atoms with E-state index in [9.17, 15) is 4.79 Å². The zero-order valence-corrected chi connectivity index (χ0v) is 9.34. The van der Waals surface area contributed by atoms with Crippen LogP contribution in [0.5, 0.6) is 0 Å². The molecule has 1 rings (SSSR count). The Morgan fingerprint density at radius 2 is 2.40 bits per heavy atom. The quantitative estimate of drug-likeness (QED) is 0.601. The lowest BCUT2D eigenvalue weighted by Gasteiger charge is -2.02. The van der Waals surface area contributed by atoms with Gasteiger partial charge in [0.1, 0.15) is 5.76 Å². The summed E-state index contributed by atoms with van der Waals surface area (Å²) in [6, 6.07) is 3.48. The number of carbonyl (C=O) groups is 1. The van der Waals surface area contributed by atoms with Gasteiger partial charge in [0, 0.05) is 6.54 Å². The molecule has 0 atom stereocenters. The van der Waals surface area contributed by atoms with Crippen LogP contribution in [0.15, 0.2) is 16.5 Å². The maximum atomic E-state index is 11.0. The maximum absolute atomic E-state index is 11.0. The summed E-state index contributed by atoms with van der Waals surface area (Å²) >= 11 is 5.60. The van der Waals surface area contributed by atoms with Crippen LogP contribution < -0.4 is 5.32 Å². The van der Waals surface area contributed by atoms with E-state index in [1.807, 2.05) is 0 Å². The normalized spacial score (nSPS) is 10.3. The first-order chi connectivity index (χ1) is 7.22. The van der Waals surface area contributed by atoms with Crippen LogP contribution >= 0.6 is 11.6 Å². The van der Waals surface area contributed by atoms with Gasteiger partial charge < -0.3 is 14.5 Å². The monoisotopic (exact) mass is 231 g/mol. The standard InChI is InChI=1S/C10H14ClNO3/c1-2-14-10(13)5-6-12-7-8-3-4-9(11)15-8/h3-4,12H,2,5-7H2,1H3. The fourth-order valence-corrected chi connectivity index (χ4v) is 1.24. The van der Waals surface area contributed by atoms with Gasteiger partial charge in [-0.2, -0.15) is 0 Å². The van der Waals surface area contributed by atoms with Gasteiger partial charge in [-0.1, -0.05) is 0 Å². The molecule has 0 radical (unpaired) electrons. The molecule has 1 heterocycles.